The van der Waals surface area contributed by atoms with E-state index in [1.54, 1.807) is 31.5 Å². The van der Waals surface area contributed by atoms with E-state index in [2.05, 4.69) is 10.3 Å². The first-order valence-electron chi connectivity index (χ1n) is 7.53. The zero-order valence-electron chi connectivity index (χ0n) is 13.2. The molecule has 6 heteroatoms. The summed E-state index contributed by atoms with van der Waals surface area (Å²) in [4.78, 5) is 28.9. The Hall–Kier alpha value is -2.63. The maximum Gasteiger partial charge on any atom is 0.274 e. The first-order valence-corrected chi connectivity index (χ1v) is 7.53. The lowest BCUT2D eigenvalue weighted by atomic mass is 10.1. The van der Waals surface area contributed by atoms with Gasteiger partial charge >= 0.3 is 0 Å². The molecular weight excluding hydrogens is 294 g/mol. The van der Waals surface area contributed by atoms with Gasteiger partial charge in [0.25, 0.3) is 5.56 Å². The van der Waals surface area contributed by atoms with Gasteiger partial charge in [0.2, 0.25) is 11.8 Å². The standard InChI is InChI=1S/C17H19N3O3/c1-17(8-9-17)16(22)19-13-6-4-10-20(15(13)21)11-12-5-3-7-14(18-12)23-2/h3-7,10H,8-9,11H2,1-2H3,(H,19,22). The molecule has 0 aromatic carbocycles. The van der Waals surface area contributed by atoms with E-state index in [9.17, 15) is 9.59 Å². The van der Waals surface area contributed by atoms with Crippen molar-refractivity contribution < 1.29 is 9.53 Å². The van der Waals surface area contributed by atoms with Crippen molar-refractivity contribution >= 4 is 11.6 Å². The fraction of sp³-hybridized carbons (Fsp3) is 0.353. The number of amides is 1. The SMILES string of the molecule is COc1cccc(Cn2cccc(NC(=O)C3(C)CC3)c2=O)n1. The highest BCUT2D eigenvalue weighted by atomic mass is 16.5. The van der Waals surface area contributed by atoms with Crippen molar-refractivity contribution in [2.45, 2.75) is 26.3 Å². The average molecular weight is 313 g/mol. The minimum Gasteiger partial charge on any atom is -0.481 e. The van der Waals surface area contributed by atoms with Crippen LogP contribution in [0.3, 0.4) is 0 Å². The summed E-state index contributed by atoms with van der Waals surface area (Å²) in [6, 6.07) is 8.77. The Bertz CT molecular complexity index is 794. The van der Waals surface area contributed by atoms with E-state index in [-0.39, 0.29) is 16.9 Å². The smallest absolute Gasteiger partial charge is 0.274 e. The van der Waals surface area contributed by atoms with Gasteiger partial charge in [-0.2, -0.15) is 0 Å². The molecule has 1 fully saturated rings. The molecule has 2 heterocycles. The molecule has 0 atom stereocenters. The molecule has 1 aliphatic carbocycles. The second-order valence-electron chi connectivity index (χ2n) is 6.04. The van der Waals surface area contributed by atoms with Gasteiger partial charge in [0.1, 0.15) is 5.69 Å². The Morgan fingerprint density at radius 1 is 1.35 bits per heavy atom. The van der Waals surface area contributed by atoms with Gasteiger partial charge in [-0.05, 0) is 31.0 Å². The molecule has 2 aromatic rings. The normalized spacial score (nSPS) is 15.0. The van der Waals surface area contributed by atoms with E-state index in [0.717, 1.165) is 12.8 Å². The van der Waals surface area contributed by atoms with Crippen LogP contribution in [0, 0.1) is 5.41 Å². The third kappa shape index (κ3) is 3.26. The van der Waals surface area contributed by atoms with Crippen LogP contribution in [-0.4, -0.2) is 22.6 Å². The lowest BCUT2D eigenvalue weighted by molar-refractivity contribution is -0.120. The lowest BCUT2D eigenvalue weighted by Gasteiger charge is -2.12. The summed E-state index contributed by atoms with van der Waals surface area (Å²) in [6.45, 7) is 2.22. The van der Waals surface area contributed by atoms with Gasteiger partial charge in [-0.3, -0.25) is 9.59 Å². The van der Waals surface area contributed by atoms with E-state index in [1.807, 2.05) is 19.1 Å². The fourth-order valence-corrected chi connectivity index (χ4v) is 2.28. The zero-order valence-corrected chi connectivity index (χ0v) is 13.2. The van der Waals surface area contributed by atoms with Crippen molar-refractivity contribution in [3.63, 3.8) is 0 Å². The minimum absolute atomic E-state index is 0.0909. The number of aromatic nitrogens is 2. The van der Waals surface area contributed by atoms with Gasteiger partial charge < -0.3 is 14.6 Å². The van der Waals surface area contributed by atoms with Crippen molar-refractivity contribution in [3.05, 3.63) is 52.6 Å². The molecule has 0 unspecified atom stereocenters. The largest absolute Gasteiger partial charge is 0.481 e. The summed E-state index contributed by atoms with van der Waals surface area (Å²) in [5.74, 6) is 0.411. The highest BCUT2D eigenvalue weighted by Crippen LogP contribution is 2.45. The minimum atomic E-state index is -0.318. The quantitative estimate of drug-likeness (QED) is 0.917. The topological polar surface area (TPSA) is 73.2 Å². The molecule has 1 N–H and O–H groups in total. The molecule has 23 heavy (non-hydrogen) atoms. The maximum atomic E-state index is 12.5. The highest BCUT2D eigenvalue weighted by Gasteiger charge is 2.45. The van der Waals surface area contributed by atoms with Crippen LogP contribution in [0.5, 0.6) is 5.88 Å². The third-order valence-corrected chi connectivity index (χ3v) is 4.14. The second kappa shape index (κ2) is 5.87. The fourth-order valence-electron chi connectivity index (χ4n) is 2.28. The Kier molecular flexibility index (Phi) is 3.90. The molecule has 6 nitrogen and oxygen atoms in total. The number of carbonyl (C=O) groups is 1. The molecule has 0 spiro atoms. The monoisotopic (exact) mass is 313 g/mol. The van der Waals surface area contributed by atoms with E-state index in [4.69, 9.17) is 4.74 Å². The van der Waals surface area contributed by atoms with Crippen LogP contribution in [0.1, 0.15) is 25.5 Å². The Morgan fingerprint density at radius 2 is 2.13 bits per heavy atom. The predicted molar refractivity (Wildman–Crippen MR) is 86.6 cm³/mol. The summed E-state index contributed by atoms with van der Waals surface area (Å²) < 4.78 is 6.61. The van der Waals surface area contributed by atoms with Gasteiger partial charge in [0, 0.05) is 17.7 Å². The van der Waals surface area contributed by atoms with Crippen molar-refractivity contribution in [3.8, 4) is 5.88 Å². The number of pyridine rings is 2. The lowest BCUT2D eigenvalue weighted by Crippen LogP contribution is -2.29. The molecule has 0 radical (unpaired) electrons. The number of ether oxygens (including phenoxy) is 1. The molecule has 3 rings (SSSR count). The first kappa shape index (κ1) is 15.3. The molecule has 1 amide bonds. The summed E-state index contributed by atoms with van der Waals surface area (Å²) in [7, 11) is 1.55. The van der Waals surface area contributed by atoms with Gasteiger partial charge in [0.15, 0.2) is 0 Å². The maximum absolute atomic E-state index is 12.5. The number of anilines is 1. The molecule has 1 aliphatic rings. The van der Waals surface area contributed by atoms with Crippen LogP contribution in [0.15, 0.2) is 41.3 Å². The molecule has 0 saturated heterocycles. The molecular formula is C17H19N3O3. The van der Waals surface area contributed by atoms with Crippen molar-refractivity contribution in [1.82, 2.24) is 9.55 Å². The summed E-state index contributed by atoms with van der Waals surface area (Å²) in [6.07, 6.45) is 3.42. The van der Waals surface area contributed by atoms with Crippen LogP contribution in [0.4, 0.5) is 5.69 Å². The van der Waals surface area contributed by atoms with E-state index < -0.39 is 0 Å². The van der Waals surface area contributed by atoms with Crippen LogP contribution >= 0.6 is 0 Å². The number of carbonyl (C=O) groups excluding carboxylic acids is 1. The average Bonchev–Trinajstić information content (AvgIpc) is 3.30. The van der Waals surface area contributed by atoms with Crippen LogP contribution < -0.4 is 15.6 Å². The first-order chi connectivity index (χ1) is 11.0. The van der Waals surface area contributed by atoms with Crippen LogP contribution in [-0.2, 0) is 11.3 Å². The molecule has 1 saturated carbocycles. The van der Waals surface area contributed by atoms with E-state index in [1.165, 1.54) is 4.57 Å². The van der Waals surface area contributed by atoms with Gasteiger partial charge in [-0.25, -0.2) is 4.98 Å². The molecule has 0 aliphatic heterocycles. The molecule has 120 valence electrons. The number of methoxy groups -OCH3 is 1. The van der Waals surface area contributed by atoms with Crippen LogP contribution in [0.2, 0.25) is 0 Å². The molecule has 0 bridgehead atoms. The number of rotatable bonds is 5. The molecule has 2 aromatic heterocycles. The third-order valence-electron chi connectivity index (χ3n) is 4.14. The van der Waals surface area contributed by atoms with Crippen LogP contribution in [0.25, 0.3) is 0 Å². The summed E-state index contributed by atoms with van der Waals surface area (Å²) >= 11 is 0. The van der Waals surface area contributed by atoms with Crippen molar-refractivity contribution in [2.75, 3.05) is 12.4 Å². The second-order valence-corrected chi connectivity index (χ2v) is 6.04. The Balaban J connectivity index is 1.81. The number of hydrogen-bond acceptors (Lipinski definition) is 4. The predicted octanol–water partition coefficient (Wildman–Crippen LogP) is 2.04. The number of nitrogens with zero attached hydrogens (tertiary/aromatic N) is 2. The van der Waals surface area contributed by atoms with Gasteiger partial charge in [-0.15, -0.1) is 0 Å². The summed E-state index contributed by atoms with van der Waals surface area (Å²) in [5, 5.41) is 2.74. The van der Waals surface area contributed by atoms with Gasteiger partial charge in [0.05, 0.1) is 19.3 Å². The van der Waals surface area contributed by atoms with Crippen molar-refractivity contribution in [1.29, 1.82) is 0 Å². The summed E-state index contributed by atoms with van der Waals surface area (Å²) in [5.41, 5.74) is 0.453. The zero-order chi connectivity index (χ0) is 16.4. The van der Waals surface area contributed by atoms with E-state index in [0.29, 0.717) is 23.8 Å². The van der Waals surface area contributed by atoms with Crippen molar-refractivity contribution in [2.24, 2.45) is 5.41 Å². The van der Waals surface area contributed by atoms with E-state index >= 15 is 0 Å². The number of hydrogen-bond donors (Lipinski definition) is 1. The Labute approximate surface area is 134 Å². The van der Waals surface area contributed by atoms with Gasteiger partial charge in [-0.1, -0.05) is 13.0 Å². The number of nitrogens with one attached hydrogen (secondary N) is 1. The Morgan fingerprint density at radius 3 is 2.83 bits per heavy atom. The highest BCUT2D eigenvalue weighted by molar-refractivity contribution is 5.96.